The van der Waals surface area contributed by atoms with E-state index in [-0.39, 0.29) is 11.9 Å². The number of likely N-dealkylation sites (N-methyl/N-ethyl adjacent to an activating group) is 1. The highest BCUT2D eigenvalue weighted by Crippen LogP contribution is 2.17. The molecule has 0 radical (unpaired) electrons. The maximum atomic E-state index is 11.6. The Balaban J connectivity index is 2.29. The lowest BCUT2D eigenvalue weighted by Gasteiger charge is -2.15. The summed E-state index contributed by atoms with van der Waals surface area (Å²) < 4.78 is 1.88. The number of anilines is 2. The molecule has 7 heteroatoms. The number of hydrogen-bond donors (Lipinski definition) is 3. The first-order valence-electron chi connectivity index (χ1n) is 6.71. The number of carbonyl (C=O) groups excluding carboxylic acids is 1. The number of carbonyl (C=O) groups is 1. The molecule has 1 amide bonds. The molecule has 7 nitrogen and oxygen atoms in total. The van der Waals surface area contributed by atoms with Crippen molar-refractivity contribution < 1.29 is 4.79 Å². The monoisotopic (exact) mass is 276 g/mol. The van der Waals surface area contributed by atoms with Crippen molar-refractivity contribution in [3.8, 4) is 0 Å². The fourth-order valence-corrected chi connectivity index (χ4v) is 1.85. The molecular weight excluding hydrogens is 256 g/mol. The molecule has 0 aliphatic rings. The van der Waals surface area contributed by atoms with Crippen LogP contribution in [0.4, 0.5) is 11.6 Å². The SMILES string of the molecule is CCCNc1cn2ccnc2c(NC(C)C(=O)NC)n1. The average Bonchev–Trinajstić information content (AvgIpc) is 2.92. The van der Waals surface area contributed by atoms with Crippen LogP contribution in [0.5, 0.6) is 0 Å². The van der Waals surface area contributed by atoms with Gasteiger partial charge in [0.2, 0.25) is 5.91 Å². The molecule has 2 heterocycles. The van der Waals surface area contributed by atoms with Crippen molar-refractivity contribution in [3.63, 3.8) is 0 Å². The van der Waals surface area contributed by atoms with Gasteiger partial charge in [-0.2, -0.15) is 0 Å². The molecule has 20 heavy (non-hydrogen) atoms. The summed E-state index contributed by atoms with van der Waals surface area (Å²) in [7, 11) is 1.61. The lowest BCUT2D eigenvalue weighted by Crippen LogP contribution is -2.35. The Kier molecular flexibility index (Phi) is 4.39. The largest absolute Gasteiger partial charge is 0.369 e. The third-order valence-corrected chi connectivity index (χ3v) is 2.92. The highest BCUT2D eigenvalue weighted by Gasteiger charge is 2.14. The molecule has 0 aliphatic carbocycles. The van der Waals surface area contributed by atoms with Gasteiger partial charge in [-0.1, -0.05) is 6.92 Å². The van der Waals surface area contributed by atoms with Gasteiger partial charge in [0.15, 0.2) is 11.5 Å². The summed E-state index contributed by atoms with van der Waals surface area (Å²) in [6.07, 6.45) is 6.45. The molecule has 0 saturated heterocycles. The van der Waals surface area contributed by atoms with Crippen LogP contribution < -0.4 is 16.0 Å². The van der Waals surface area contributed by atoms with Crippen LogP contribution in [-0.4, -0.2) is 39.9 Å². The summed E-state index contributed by atoms with van der Waals surface area (Å²) in [4.78, 5) is 20.3. The molecular formula is C13H20N6O. The number of fused-ring (bicyclic) bond motifs is 1. The predicted molar refractivity (Wildman–Crippen MR) is 78.9 cm³/mol. The van der Waals surface area contributed by atoms with Gasteiger partial charge in [-0.3, -0.25) is 4.79 Å². The predicted octanol–water partition coefficient (Wildman–Crippen LogP) is 1.10. The minimum Gasteiger partial charge on any atom is -0.369 e. The summed E-state index contributed by atoms with van der Waals surface area (Å²) in [6.45, 7) is 4.72. The van der Waals surface area contributed by atoms with E-state index in [0.29, 0.717) is 11.5 Å². The molecule has 0 saturated carbocycles. The third kappa shape index (κ3) is 2.98. The van der Waals surface area contributed by atoms with Crippen molar-refractivity contribution in [1.82, 2.24) is 19.7 Å². The van der Waals surface area contributed by atoms with Crippen LogP contribution in [0.3, 0.4) is 0 Å². The number of nitrogens with one attached hydrogen (secondary N) is 3. The van der Waals surface area contributed by atoms with Gasteiger partial charge in [0.25, 0.3) is 0 Å². The van der Waals surface area contributed by atoms with Gasteiger partial charge >= 0.3 is 0 Å². The molecule has 3 N–H and O–H groups in total. The summed E-state index contributed by atoms with van der Waals surface area (Å²) in [5.74, 6) is 1.25. The first kappa shape index (κ1) is 14.1. The Morgan fingerprint density at radius 3 is 3.00 bits per heavy atom. The van der Waals surface area contributed by atoms with Gasteiger partial charge in [-0.25, -0.2) is 9.97 Å². The van der Waals surface area contributed by atoms with Crippen LogP contribution in [0.15, 0.2) is 18.6 Å². The minimum atomic E-state index is -0.380. The quantitative estimate of drug-likeness (QED) is 0.736. The van der Waals surface area contributed by atoms with Crippen molar-refractivity contribution in [2.45, 2.75) is 26.3 Å². The van der Waals surface area contributed by atoms with E-state index in [4.69, 9.17) is 0 Å². The number of nitrogens with zero attached hydrogens (tertiary/aromatic N) is 3. The van der Waals surface area contributed by atoms with Gasteiger partial charge < -0.3 is 20.4 Å². The molecule has 108 valence electrons. The summed E-state index contributed by atoms with van der Waals surface area (Å²) in [5, 5.41) is 8.93. The molecule has 0 bridgehead atoms. The summed E-state index contributed by atoms with van der Waals surface area (Å²) in [6, 6.07) is -0.380. The second-order valence-corrected chi connectivity index (χ2v) is 4.54. The summed E-state index contributed by atoms with van der Waals surface area (Å²) >= 11 is 0. The first-order chi connectivity index (χ1) is 9.65. The van der Waals surface area contributed by atoms with Crippen molar-refractivity contribution in [1.29, 1.82) is 0 Å². The normalized spacial score (nSPS) is 12.2. The van der Waals surface area contributed by atoms with E-state index in [0.717, 1.165) is 18.8 Å². The van der Waals surface area contributed by atoms with Crippen LogP contribution in [0.2, 0.25) is 0 Å². The zero-order valence-electron chi connectivity index (χ0n) is 12.0. The van der Waals surface area contributed by atoms with Crippen LogP contribution in [0.1, 0.15) is 20.3 Å². The second-order valence-electron chi connectivity index (χ2n) is 4.54. The Morgan fingerprint density at radius 2 is 2.30 bits per heavy atom. The van der Waals surface area contributed by atoms with Crippen molar-refractivity contribution >= 4 is 23.2 Å². The molecule has 2 rings (SSSR count). The Bertz CT molecular complexity index is 594. The number of aromatic nitrogens is 3. The molecule has 0 spiro atoms. The van der Waals surface area contributed by atoms with E-state index in [1.807, 2.05) is 16.8 Å². The van der Waals surface area contributed by atoms with E-state index in [1.54, 1.807) is 20.2 Å². The first-order valence-corrected chi connectivity index (χ1v) is 6.71. The highest BCUT2D eigenvalue weighted by molar-refractivity contribution is 5.84. The van der Waals surface area contributed by atoms with Gasteiger partial charge in [-0.05, 0) is 13.3 Å². The standard InChI is InChI=1S/C13H20N6O/c1-4-5-15-10-8-19-7-6-16-12(19)11(18-10)17-9(2)13(20)14-3/h6-9,15H,4-5H2,1-3H3,(H,14,20)(H,17,18). The van der Waals surface area contributed by atoms with E-state index in [9.17, 15) is 4.79 Å². The Labute approximate surface area is 117 Å². The van der Waals surface area contributed by atoms with Crippen LogP contribution in [0.25, 0.3) is 5.65 Å². The van der Waals surface area contributed by atoms with Crippen LogP contribution in [0, 0.1) is 0 Å². The molecule has 2 aromatic heterocycles. The third-order valence-electron chi connectivity index (χ3n) is 2.92. The van der Waals surface area contributed by atoms with Crippen molar-refractivity contribution in [3.05, 3.63) is 18.6 Å². The highest BCUT2D eigenvalue weighted by atomic mass is 16.2. The molecule has 2 aromatic rings. The van der Waals surface area contributed by atoms with E-state index < -0.39 is 0 Å². The maximum Gasteiger partial charge on any atom is 0.241 e. The van der Waals surface area contributed by atoms with Gasteiger partial charge in [0, 0.05) is 26.0 Å². The Hall–Kier alpha value is -2.31. The second kappa shape index (κ2) is 6.23. The molecule has 0 aromatic carbocycles. The van der Waals surface area contributed by atoms with Crippen molar-refractivity contribution in [2.24, 2.45) is 0 Å². The number of hydrogen-bond acceptors (Lipinski definition) is 5. The lowest BCUT2D eigenvalue weighted by atomic mass is 10.3. The number of amides is 1. The molecule has 1 unspecified atom stereocenters. The van der Waals surface area contributed by atoms with Crippen LogP contribution in [-0.2, 0) is 4.79 Å². The van der Waals surface area contributed by atoms with E-state index in [2.05, 4.69) is 32.8 Å². The average molecular weight is 276 g/mol. The lowest BCUT2D eigenvalue weighted by molar-refractivity contribution is -0.121. The molecule has 1 atom stereocenters. The fourth-order valence-electron chi connectivity index (χ4n) is 1.85. The summed E-state index contributed by atoms with van der Waals surface area (Å²) in [5.41, 5.74) is 0.697. The van der Waals surface area contributed by atoms with Gasteiger partial charge in [0.05, 0.1) is 6.20 Å². The smallest absolute Gasteiger partial charge is 0.241 e. The number of rotatable bonds is 6. The van der Waals surface area contributed by atoms with E-state index >= 15 is 0 Å². The Morgan fingerprint density at radius 1 is 1.50 bits per heavy atom. The van der Waals surface area contributed by atoms with Gasteiger partial charge in [-0.15, -0.1) is 0 Å². The van der Waals surface area contributed by atoms with Gasteiger partial charge in [0.1, 0.15) is 11.9 Å². The minimum absolute atomic E-state index is 0.0940. The molecule has 0 aliphatic heterocycles. The zero-order chi connectivity index (χ0) is 14.5. The zero-order valence-corrected chi connectivity index (χ0v) is 12.0. The van der Waals surface area contributed by atoms with Crippen LogP contribution >= 0.6 is 0 Å². The van der Waals surface area contributed by atoms with Crippen molar-refractivity contribution in [2.75, 3.05) is 24.2 Å². The molecule has 0 fully saturated rings. The van der Waals surface area contributed by atoms with E-state index in [1.165, 1.54) is 0 Å². The topological polar surface area (TPSA) is 83.3 Å². The fraction of sp³-hybridized carbons (Fsp3) is 0.462. The maximum absolute atomic E-state index is 11.6. The number of imidazole rings is 1.